The van der Waals surface area contributed by atoms with Crippen molar-refractivity contribution in [1.29, 1.82) is 0 Å². The molecule has 3 aliphatic heterocycles. The van der Waals surface area contributed by atoms with Crippen LogP contribution in [0.4, 0.5) is 5.69 Å². The third-order valence-electron chi connectivity index (χ3n) is 10.7. The molecule has 1 aliphatic carbocycles. The summed E-state index contributed by atoms with van der Waals surface area (Å²) in [6, 6.07) is 11.2. The van der Waals surface area contributed by atoms with Crippen LogP contribution in [0.3, 0.4) is 0 Å². The van der Waals surface area contributed by atoms with Crippen LogP contribution in [0.2, 0.25) is 5.02 Å². The molecule has 2 fully saturated rings. The zero-order chi connectivity index (χ0) is 32.5. The normalized spacial score (nSPS) is 31.2. The van der Waals surface area contributed by atoms with Gasteiger partial charge in [0.05, 0.1) is 21.1 Å². The second kappa shape index (κ2) is 14.5. The van der Waals surface area contributed by atoms with E-state index >= 15 is 0 Å². The molecule has 1 saturated carbocycles. The van der Waals surface area contributed by atoms with Crippen molar-refractivity contribution < 1.29 is 23.1 Å². The van der Waals surface area contributed by atoms with E-state index in [1.165, 1.54) is 5.56 Å². The predicted octanol–water partition coefficient (Wildman–Crippen LogP) is 7.28. The number of hydrogen-bond donors (Lipinski definition) is 2. The van der Waals surface area contributed by atoms with Gasteiger partial charge in [-0.05, 0) is 129 Å². The molecule has 1 saturated heterocycles. The van der Waals surface area contributed by atoms with Crippen LogP contribution in [-0.4, -0.2) is 59.5 Å². The van der Waals surface area contributed by atoms with E-state index in [1.54, 1.807) is 25.1 Å². The van der Waals surface area contributed by atoms with Crippen molar-refractivity contribution in [2.45, 2.75) is 93.7 Å². The van der Waals surface area contributed by atoms with Gasteiger partial charge in [0.25, 0.3) is 5.91 Å². The molecule has 0 spiro atoms. The molecule has 7 nitrogen and oxygen atoms in total. The van der Waals surface area contributed by atoms with Gasteiger partial charge >= 0.3 is 0 Å². The minimum atomic E-state index is -3.92. The summed E-state index contributed by atoms with van der Waals surface area (Å²) in [7, 11) is -3.92. The highest BCUT2D eigenvalue weighted by atomic mass is 35.5. The Morgan fingerprint density at radius 1 is 1.00 bits per heavy atom. The average Bonchev–Trinajstić information content (AvgIpc) is 3.05. The van der Waals surface area contributed by atoms with E-state index in [4.69, 9.17) is 16.3 Å². The monoisotopic (exact) mass is 706 g/mol. The lowest BCUT2D eigenvalue weighted by molar-refractivity contribution is -0.0763. The largest absolute Gasteiger partial charge is 0.487 e. The minimum Gasteiger partial charge on any atom is -0.487 e. The van der Waals surface area contributed by atoms with Crippen LogP contribution < -0.4 is 14.4 Å². The Hall–Kier alpha value is -1.59. The molecule has 0 aromatic heterocycles. The van der Waals surface area contributed by atoms with Crippen LogP contribution in [0.5, 0.6) is 5.75 Å². The van der Waals surface area contributed by atoms with Gasteiger partial charge in [0, 0.05) is 23.7 Å². The smallest absolute Gasteiger partial charge is 0.264 e. The fourth-order valence-corrected chi connectivity index (χ4v) is 12.5. The van der Waals surface area contributed by atoms with Gasteiger partial charge in [-0.2, -0.15) is 0 Å². The molecule has 252 valence electrons. The number of fused-ring (bicyclic) bond motifs is 3. The lowest BCUT2D eigenvalue weighted by Gasteiger charge is -2.52. The Bertz CT molecular complexity index is 1520. The second-order valence-electron chi connectivity index (χ2n) is 13.7. The first-order valence-corrected chi connectivity index (χ1v) is 20.9. The van der Waals surface area contributed by atoms with Crippen molar-refractivity contribution in [3.63, 3.8) is 0 Å². The van der Waals surface area contributed by atoms with Crippen molar-refractivity contribution in [2.24, 2.45) is 17.8 Å². The minimum absolute atomic E-state index is 0.124. The molecule has 2 aromatic rings. The molecule has 0 unspecified atom stereocenters. The number of hydrogen-bond acceptors (Lipinski definition) is 8. The number of rotatable bonds is 1. The lowest BCUT2D eigenvalue weighted by atomic mass is 9.63. The maximum atomic E-state index is 13.5. The van der Waals surface area contributed by atoms with E-state index in [-0.39, 0.29) is 16.4 Å². The quantitative estimate of drug-likeness (QED) is 0.320. The summed E-state index contributed by atoms with van der Waals surface area (Å²) in [5.41, 5.74) is 2.54. The summed E-state index contributed by atoms with van der Waals surface area (Å²) in [4.78, 5) is 15.8. The second-order valence-corrected chi connectivity index (χ2v) is 18.9. The van der Waals surface area contributed by atoms with Gasteiger partial charge in [0.1, 0.15) is 12.4 Å². The van der Waals surface area contributed by atoms with E-state index in [9.17, 15) is 18.3 Å². The Morgan fingerprint density at radius 3 is 2.57 bits per heavy atom. The first-order valence-electron chi connectivity index (χ1n) is 16.9. The topological polar surface area (TPSA) is 95.9 Å². The van der Waals surface area contributed by atoms with Crippen LogP contribution in [0, 0.1) is 17.8 Å². The molecule has 0 radical (unpaired) electrons. The van der Waals surface area contributed by atoms with Gasteiger partial charge in [0.2, 0.25) is 10.0 Å². The lowest BCUT2D eigenvalue weighted by Crippen LogP contribution is -2.55. The number of nitrogens with zero attached hydrogens (tertiary/aromatic N) is 1. The third-order valence-corrected chi connectivity index (χ3v) is 16.2. The van der Waals surface area contributed by atoms with Crippen molar-refractivity contribution in [3.05, 3.63) is 58.1 Å². The first kappa shape index (κ1) is 34.3. The van der Waals surface area contributed by atoms with Gasteiger partial charge in [-0.3, -0.25) is 4.79 Å². The molecular formula is C35H47ClN2O5S3. The maximum absolute atomic E-state index is 13.5. The summed E-state index contributed by atoms with van der Waals surface area (Å²) in [6.07, 6.45) is 8.10. The zero-order valence-electron chi connectivity index (χ0n) is 26.9. The summed E-state index contributed by atoms with van der Waals surface area (Å²) in [5.74, 6) is 2.48. The zero-order valence-corrected chi connectivity index (χ0v) is 30.1. The van der Waals surface area contributed by atoms with Crippen LogP contribution in [0.15, 0.2) is 36.4 Å². The van der Waals surface area contributed by atoms with Gasteiger partial charge in [-0.15, -0.1) is 23.5 Å². The number of aryl methyl sites for hydroxylation is 1. The fraction of sp³-hybridized carbons (Fsp3) is 0.629. The highest BCUT2D eigenvalue weighted by molar-refractivity contribution is 8.17. The number of nitrogens with one attached hydrogen (secondary N) is 1. The van der Waals surface area contributed by atoms with Crippen LogP contribution in [0.1, 0.15) is 86.7 Å². The summed E-state index contributed by atoms with van der Waals surface area (Å²) in [6.45, 7) is 5.50. The molecule has 2 N–H and O–H groups in total. The van der Waals surface area contributed by atoms with Gasteiger partial charge in [0.15, 0.2) is 0 Å². The summed E-state index contributed by atoms with van der Waals surface area (Å²) >= 11 is 10.2. The van der Waals surface area contributed by atoms with Crippen LogP contribution in [0.25, 0.3) is 0 Å². The number of amides is 1. The number of aliphatic hydroxyl groups is 1. The molecule has 6 rings (SSSR count). The first-order chi connectivity index (χ1) is 22.0. The maximum Gasteiger partial charge on any atom is 0.264 e. The highest BCUT2D eigenvalue weighted by Gasteiger charge is 2.52. The molecule has 5 atom stereocenters. The third kappa shape index (κ3) is 7.36. The number of anilines is 1. The Kier molecular flexibility index (Phi) is 10.8. The average molecular weight is 707 g/mol. The predicted molar refractivity (Wildman–Crippen MR) is 191 cm³/mol. The molecule has 11 heteroatoms. The van der Waals surface area contributed by atoms with E-state index in [2.05, 4.69) is 9.62 Å². The molecule has 3 heterocycles. The number of carbonyl (C=O) groups is 1. The van der Waals surface area contributed by atoms with Crippen molar-refractivity contribution in [1.82, 2.24) is 4.72 Å². The summed E-state index contributed by atoms with van der Waals surface area (Å²) in [5, 5.41) is 12.6. The van der Waals surface area contributed by atoms with Crippen LogP contribution in [-0.2, 0) is 23.1 Å². The SMILES string of the molecule is C[C@@H]1[C@@H](C)CCC[C@](O)(C2SCCCS2)[C@@H]2CC[C@H]2CN2CCCCc3cc(Cl)ccc3COc3ccc(cc32)C(=O)NS1(=O)=O. The van der Waals surface area contributed by atoms with E-state index in [0.29, 0.717) is 41.7 Å². The molecular weight excluding hydrogens is 660 g/mol. The van der Waals surface area contributed by atoms with Crippen LogP contribution >= 0.6 is 35.1 Å². The number of halogens is 1. The van der Waals surface area contributed by atoms with Gasteiger partial charge in [-0.25, -0.2) is 13.1 Å². The number of ether oxygens (including phenoxy) is 1. The number of benzene rings is 2. The van der Waals surface area contributed by atoms with Gasteiger partial charge in [-0.1, -0.05) is 31.0 Å². The summed E-state index contributed by atoms with van der Waals surface area (Å²) < 4.78 is 35.8. The number of sulfonamides is 1. The molecule has 2 aromatic carbocycles. The standard InChI is InChI=1S/C35H47ClN2O5S3/c1-23-7-5-15-35(40,34-44-17-6-18-45-34)30-13-10-27(30)21-38-16-4-3-8-25-19-29(36)12-9-28(25)22-43-32-14-11-26(20-31(32)38)33(39)37-46(41,42)24(23)2/h9,11-12,14,19-20,23-24,27,30,34,40H,3-8,10,13,15-18,21-22H2,1-2H3,(H,37,39)/t23-,24+,27-,30+,35+/m0/s1. The van der Waals surface area contributed by atoms with E-state index in [0.717, 1.165) is 80.8 Å². The molecule has 4 aliphatic rings. The van der Waals surface area contributed by atoms with E-state index in [1.807, 2.05) is 48.6 Å². The highest BCUT2D eigenvalue weighted by Crippen LogP contribution is 2.53. The molecule has 1 amide bonds. The van der Waals surface area contributed by atoms with Crippen molar-refractivity contribution in [3.8, 4) is 5.75 Å². The van der Waals surface area contributed by atoms with Gasteiger partial charge < -0.3 is 14.7 Å². The Balaban J connectivity index is 1.39. The Labute approximate surface area is 288 Å². The Morgan fingerprint density at radius 2 is 1.80 bits per heavy atom. The fourth-order valence-electron chi connectivity index (χ4n) is 7.59. The van der Waals surface area contributed by atoms with E-state index < -0.39 is 26.8 Å². The number of thioether (sulfide) groups is 2. The number of carbonyl (C=O) groups excluding carboxylic acids is 1. The van der Waals surface area contributed by atoms with Crippen molar-refractivity contribution >= 4 is 56.7 Å². The van der Waals surface area contributed by atoms with Crippen molar-refractivity contribution in [2.75, 3.05) is 29.5 Å². The molecule has 2 bridgehead atoms. The molecule has 46 heavy (non-hydrogen) atoms.